The minimum Gasteiger partial charge on any atom is -0.399 e. The van der Waals surface area contributed by atoms with E-state index in [0.717, 1.165) is 29.2 Å². The van der Waals surface area contributed by atoms with Gasteiger partial charge in [-0.05, 0) is 38.0 Å². The molecule has 0 aliphatic carbocycles. The highest BCUT2D eigenvalue weighted by molar-refractivity contribution is 5.39. The number of hydrogen-bond donors (Lipinski definition) is 1. The first-order valence-electron chi connectivity index (χ1n) is 5.96. The van der Waals surface area contributed by atoms with Crippen LogP contribution in [0.3, 0.4) is 0 Å². The van der Waals surface area contributed by atoms with Gasteiger partial charge in [-0.15, -0.1) is 0 Å². The summed E-state index contributed by atoms with van der Waals surface area (Å²) in [6, 6.07) is 9.28. The second kappa shape index (κ2) is 5.04. The second-order valence-electron chi connectivity index (χ2n) is 4.43. The maximum atomic E-state index is 11.8. The van der Waals surface area contributed by atoms with Crippen molar-refractivity contribution >= 4 is 5.69 Å². The van der Waals surface area contributed by atoms with Crippen molar-refractivity contribution < 1.29 is 0 Å². The summed E-state index contributed by atoms with van der Waals surface area (Å²) < 4.78 is 1.70. The molecule has 0 unspecified atom stereocenters. The minimum atomic E-state index is 0.00967. The smallest absolute Gasteiger partial charge is 0.253 e. The lowest BCUT2D eigenvalue weighted by Crippen LogP contribution is -2.24. The number of hydrogen-bond acceptors (Lipinski definition) is 3. The van der Waals surface area contributed by atoms with Crippen LogP contribution in [0.15, 0.2) is 35.1 Å². The van der Waals surface area contributed by atoms with E-state index in [-0.39, 0.29) is 5.56 Å². The Balaban J connectivity index is 2.16. The molecule has 2 rings (SSSR count). The maximum absolute atomic E-state index is 11.8. The normalized spacial score (nSPS) is 10.6. The first kappa shape index (κ1) is 12.4. The monoisotopic (exact) mass is 243 g/mol. The molecule has 0 atom stereocenters. The molecular weight excluding hydrogens is 226 g/mol. The highest BCUT2D eigenvalue weighted by Crippen LogP contribution is 2.07. The predicted octanol–water partition coefficient (Wildman–Crippen LogP) is 1.69. The molecule has 0 saturated carbocycles. The maximum Gasteiger partial charge on any atom is 0.253 e. The summed E-state index contributed by atoms with van der Waals surface area (Å²) in [5.74, 6) is 0.760. The number of nitrogen functional groups attached to an aromatic ring is 1. The van der Waals surface area contributed by atoms with Crippen molar-refractivity contribution in [3.63, 3.8) is 0 Å². The minimum absolute atomic E-state index is 0.00967. The third-order valence-corrected chi connectivity index (χ3v) is 2.93. The van der Waals surface area contributed by atoms with Gasteiger partial charge in [0.05, 0.1) is 0 Å². The summed E-state index contributed by atoms with van der Waals surface area (Å²) in [5, 5.41) is 0. The van der Waals surface area contributed by atoms with Crippen LogP contribution in [0.2, 0.25) is 0 Å². The predicted molar refractivity (Wildman–Crippen MR) is 72.5 cm³/mol. The third-order valence-electron chi connectivity index (χ3n) is 2.93. The molecule has 0 aliphatic rings. The van der Waals surface area contributed by atoms with Crippen molar-refractivity contribution in [2.24, 2.45) is 0 Å². The molecule has 0 radical (unpaired) electrons. The van der Waals surface area contributed by atoms with Gasteiger partial charge in [0.25, 0.3) is 5.56 Å². The van der Waals surface area contributed by atoms with Crippen LogP contribution in [-0.4, -0.2) is 9.55 Å². The molecule has 0 amide bonds. The molecule has 4 heteroatoms. The average Bonchev–Trinajstić information content (AvgIpc) is 2.30. The zero-order chi connectivity index (χ0) is 13.1. The fourth-order valence-corrected chi connectivity index (χ4v) is 1.96. The molecule has 0 spiro atoms. The topological polar surface area (TPSA) is 60.9 Å². The summed E-state index contributed by atoms with van der Waals surface area (Å²) in [6.07, 6.45) is 0.797. The van der Waals surface area contributed by atoms with Gasteiger partial charge < -0.3 is 5.73 Å². The lowest BCUT2D eigenvalue weighted by atomic mass is 10.1. The van der Waals surface area contributed by atoms with E-state index in [4.69, 9.17) is 5.73 Å². The summed E-state index contributed by atoms with van der Waals surface area (Å²) in [6.45, 7) is 4.33. The van der Waals surface area contributed by atoms with Gasteiger partial charge in [0.15, 0.2) is 0 Å². The van der Waals surface area contributed by atoms with Crippen LogP contribution in [0.5, 0.6) is 0 Å². The number of benzene rings is 1. The molecule has 0 aliphatic heterocycles. The van der Waals surface area contributed by atoms with Gasteiger partial charge in [0.1, 0.15) is 5.82 Å². The Morgan fingerprint density at radius 3 is 2.50 bits per heavy atom. The van der Waals surface area contributed by atoms with E-state index in [9.17, 15) is 4.79 Å². The Bertz CT molecular complexity index is 599. The van der Waals surface area contributed by atoms with Crippen molar-refractivity contribution in [1.29, 1.82) is 0 Å². The number of anilines is 1. The van der Waals surface area contributed by atoms with E-state index >= 15 is 0 Å². The highest BCUT2D eigenvalue weighted by atomic mass is 16.1. The van der Waals surface area contributed by atoms with Gasteiger partial charge in [-0.1, -0.05) is 12.1 Å². The number of nitrogens with zero attached hydrogens (tertiary/aromatic N) is 2. The standard InChI is InChI=1S/C14H17N3O/c1-10-9-14(18)17(11(2)16-10)8-7-12-3-5-13(15)6-4-12/h3-6,9H,7-8,15H2,1-2H3. The molecule has 2 N–H and O–H groups in total. The Morgan fingerprint density at radius 2 is 1.89 bits per heavy atom. The SMILES string of the molecule is Cc1cc(=O)n(CCc2ccc(N)cc2)c(C)n1. The first-order valence-corrected chi connectivity index (χ1v) is 5.96. The summed E-state index contributed by atoms with van der Waals surface area (Å²) in [5.41, 5.74) is 8.33. The van der Waals surface area contributed by atoms with Gasteiger partial charge in [-0.2, -0.15) is 0 Å². The summed E-state index contributed by atoms with van der Waals surface area (Å²) in [4.78, 5) is 16.1. The Morgan fingerprint density at radius 1 is 1.22 bits per heavy atom. The number of nitrogens with two attached hydrogens (primary N) is 1. The lowest BCUT2D eigenvalue weighted by Gasteiger charge is -2.09. The van der Waals surface area contributed by atoms with Gasteiger partial charge in [0.2, 0.25) is 0 Å². The molecule has 4 nitrogen and oxygen atoms in total. The lowest BCUT2D eigenvalue weighted by molar-refractivity contribution is 0.626. The van der Waals surface area contributed by atoms with Crippen LogP contribution in [0.4, 0.5) is 5.69 Å². The number of aryl methyl sites for hydroxylation is 3. The van der Waals surface area contributed by atoms with Gasteiger partial charge in [-0.3, -0.25) is 9.36 Å². The van der Waals surface area contributed by atoms with Crippen LogP contribution >= 0.6 is 0 Å². The van der Waals surface area contributed by atoms with E-state index < -0.39 is 0 Å². The molecule has 0 saturated heterocycles. The summed E-state index contributed by atoms with van der Waals surface area (Å²) >= 11 is 0. The number of aromatic nitrogens is 2. The molecule has 94 valence electrons. The quantitative estimate of drug-likeness (QED) is 0.834. The number of rotatable bonds is 3. The Kier molecular flexibility index (Phi) is 3.46. The Labute approximate surface area is 106 Å². The van der Waals surface area contributed by atoms with E-state index in [2.05, 4.69) is 4.98 Å². The van der Waals surface area contributed by atoms with Gasteiger partial charge in [0, 0.05) is 24.0 Å². The van der Waals surface area contributed by atoms with Crippen LogP contribution in [0.25, 0.3) is 0 Å². The second-order valence-corrected chi connectivity index (χ2v) is 4.43. The average molecular weight is 243 g/mol. The molecule has 1 aromatic heterocycles. The molecule has 1 heterocycles. The van der Waals surface area contributed by atoms with Crippen molar-refractivity contribution in [1.82, 2.24) is 9.55 Å². The summed E-state index contributed by atoms with van der Waals surface area (Å²) in [7, 11) is 0. The molecule has 1 aromatic carbocycles. The van der Waals surface area contributed by atoms with Gasteiger partial charge >= 0.3 is 0 Å². The highest BCUT2D eigenvalue weighted by Gasteiger charge is 2.03. The van der Waals surface area contributed by atoms with Crippen molar-refractivity contribution in [3.8, 4) is 0 Å². The zero-order valence-corrected chi connectivity index (χ0v) is 10.7. The van der Waals surface area contributed by atoms with E-state index in [1.54, 1.807) is 10.6 Å². The fourth-order valence-electron chi connectivity index (χ4n) is 1.96. The molecule has 2 aromatic rings. The van der Waals surface area contributed by atoms with Crippen molar-refractivity contribution in [2.75, 3.05) is 5.73 Å². The first-order chi connectivity index (χ1) is 8.56. The Hall–Kier alpha value is -2.10. The van der Waals surface area contributed by atoms with E-state index in [0.29, 0.717) is 6.54 Å². The largest absolute Gasteiger partial charge is 0.399 e. The molecule has 0 fully saturated rings. The van der Waals surface area contributed by atoms with E-state index in [1.165, 1.54) is 0 Å². The fraction of sp³-hybridized carbons (Fsp3) is 0.286. The van der Waals surface area contributed by atoms with Crippen LogP contribution in [-0.2, 0) is 13.0 Å². The molecule has 0 bridgehead atoms. The van der Waals surface area contributed by atoms with E-state index in [1.807, 2.05) is 38.1 Å². The van der Waals surface area contributed by atoms with Crippen LogP contribution in [0, 0.1) is 13.8 Å². The van der Waals surface area contributed by atoms with Crippen molar-refractivity contribution in [2.45, 2.75) is 26.8 Å². The van der Waals surface area contributed by atoms with Crippen LogP contribution < -0.4 is 11.3 Å². The van der Waals surface area contributed by atoms with Crippen LogP contribution in [0.1, 0.15) is 17.1 Å². The van der Waals surface area contributed by atoms with Gasteiger partial charge in [-0.25, -0.2) is 4.98 Å². The molecule has 18 heavy (non-hydrogen) atoms. The zero-order valence-electron chi connectivity index (χ0n) is 10.7. The molecular formula is C14H17N3O. The third kappa shape index (κ3) is 2.77. The van der Waals surface area contributed by atoms with Crippen molar-refractivity contribution in [3.05, 3.63) is 57.8 Å².